The van der Waals surface area contributed by atoms with Crippen molar-refractivity contribution in [1.82, 2.24) is 10.3 Å². The van der Waals surface area contributed by atoms with Gasteiger partial charge in [0.15, 0.2) is 0 Å². The Labute approximate surface area is 127 Å². The Kier molecular flexibility index (Phi) is 8.15. The van der Waals surface area contributed by atoms with Gasteiger partial charge in [0.2, 0.25) is 0 Å². The molecule has 0 aliphatic rings. The van der Waals surface area contributed by atoms with Crippen LogP contribution in [0, 0.1) is 11.8 Å². The lowest BCUT2D eigenvalue weighted by Crippen LogP contribution is -2.35. The molecule has 1 aromatic rings. The molecule has 4 heteroatoms. The van der Waals surface area contributed by atoms with Crippen molar-refractivity contribution in [2.24, 2.45) is 0 Å². The van der Waals surface area contributed by atoms with Gasteiger partial charge < -0.3 is 10.4 Å². The number of nitrogens with zero attached hydrogens (tertiary/aromatic N) is 1. The van der Waals surface area contributed by atoms with Crippen molar-refractivity contribution in [3.05, 3.63) is 29.6 Å². The van der Waals surface area contributed by atoms with Crippen LogP contribution in [-0.2, 0) is 0 Å². The SMILES string of the molecule is CCCCC(CCC)NC(=O)c1ncccc1C#CCO. The molecule has 0 radical (unpaired) electrons. The maximum Gasteiger partial charge on any atom is 0.271 e. The van der Waals surface area contributed by atoms with Gasteiger partial charge in [-0.25, -0.2) is 4.98 Å². The molecule has 0 saturated heterocycles. The standard InChI is InChI=1S/C17H24N2O2/c1-3-5-11-15(8-4-2)19-17(21)16-14(10-7-13-20)9-6-12-18-16/h6,9,12,15,20H,3-5,8,11,13H2,1-2H3,(H,19,21). The number of aliphatic hydroxyl groups excluding tert-OH is 1. The van der Waals surface area contributed by atoms with Crippen LogP contribution < -0.4 is 5.32 Å². The lowest BCUT2D eigenvalue weighted by Gasteiger charge is -2.17. The van der Waals surface area contributed by atoms with Crippen molar-refractivity contribution in [3.63, 3.8) is 0 Å². The van der Waals surface area contributed by atoms with Crippen molar-refractivity contribution in [2.75, 3.05) is 6.61 Å². The van der Waals surface area contributed by atoms with E-state index in [1.165, 1.54) is 0 Å². The molecule has 0 aromatic carbocycles. The summed E-state index contributed by atoms with van der Waals surface area (Å²) in [6.45, 7) is 4.03. The van der Waals surface area contributed by atoms with E-state index in [1.54, 1.807) is 18.3 Å². The third-order valence-electron chi connectivity index (χ3n) is 3.20. The van der Waals surface area contributed by atoms with E-state index in [0.717, 1.165) is 32.1 Å². The fourth-order valence-electron chi connectivity index (χ4n) is 2.16. The van der Waals surface area contributed by atoms with Gasteiger partial charge in [0.25, 0.3) is 5.91 Å². The van der Waals surface area contributed by atoms with Gasteiger partial charge in [-0.1, -0.05) is 45.0 Å². The van der Waals surface area contributed by atoms with Gasteiger partial charge in [0, 0.05) is 12.2 Å². The van der Waals surface area contributed by atoms with Gasteiger partial charge in [0.05, 0.1) is 5.56 Å². The Morgan fingerprint density at radius 2 is 2.19 bits per heavy atom. The van der Waals surface area contributed by atoms with Gasteiger partial charge in [-0.05, 0) is 25.0 Å². The number of carbonyl (C=O) groups is 1. The molecule has 1 aromatic heterocycles. The molecule has 2 N–H and O–H groups in total. The van der Waals surface area contributed by atoms with Crippen molar-refractivity contribution < 1.29 is 9.90 Å². The first kappa shape index (κ1) is 17.2. The number of aliphatic hydroxyl groups is 1. The summed E-state index contributed by atoms with van der Waals surface area (Å²) in [5, 5.41) is 11.8. The van der Waals surface area contributed by atoms with Crippen LogP contribution in [-0.4, -0.2) is 28.6 Å². The minimum atomic E-state index is -0.231. The van der Waals surface area contributed by atoms with Crippen LogP contribution >= 0.6 is 0 Å². The number of hydrogen-bond donors (Lipinski definition) is 2. The number of hydrogen-bond acceptors (Lipinski definition) is 3. The first-order valence-corrected chi connectivity index (χ1v) is 7.58. The lowest BCUT2D eigenvalue weighted by molar-refractivity contribution is 0.0927. The highest BCUT2D eigenvalue weighted by atomic mass is 16.2. The van der Waals surface area contributed by atoms with E-state index in [0.29, 0.717) is 11.3 Å². The predicted molar refractivity (Wildman–Crippen MR) is 83.9 cm³/mol. The molecule has 1 amide bonds. The van der Waals surface area contributed by atoms with Gasteiger partial charge in [0.1, 0.15) is 12.3 Å². The van der Waals surface area contributed by atoms with Crippen molar-refractivity contribution >= 4 is 5.91 Å². The van der Waals surface area contributed by atoms with E-state index in [4.69, 9.17) is 5.11 Å². The van der Waals surface area contributed by atoms with Crippen molar-refractivity contribution in [1.29, 1.82) is 0 Å². The second-order valence-corrected chi connectivity index (χ2v) is 4.96. The molecule has 4 nitrogen and oxygen atoms in total. The van der Waals surface area contributed by atoms with Crippen LogP contribution in [0.5, 0.6) is 0 Å². The van der Waals surface area contributed by atoms with E-state index in [1.807, 2.05) is 0 Å². The minimum Gasteiger partial charge on any atom is -0.384 e. The van der Waals surface area contributed by atoms with E-state index in [2.05, 4.69) is 36.0 Å². The molecule has 0 bridgehead atoms. The summed E-state index contributed by atoms with van der Waals surface area (Å²) in [5.74, 6) is 5.14. The highest BCUT2D eigenvalue weighted by Crippen LogP contribution is 2.09. The Morgan fingerprint density at radius 1 is 1.38 bits per heavy atom. The summed E-state index contributed by atoms with van der Waals surface area (Å²) in [4.78, 5) is 16.5. The average Bonchev–Trinajstić information content (AvgIpc) is 2.51. The minimum absolute atomic E-state index is 0.183. The van der Waals surface area contributed by atoms with Crippen molar-refractivity contribution in [2.45, 2.75) is 52.0 Å². The maximum absolute atomic E-state index is 12.4. The number of unbranched alkanes of at least 4 members (excludes halogenated alkanes) is 1. The molecule has 0 aliphatic heterocycles. The summed E-state index contributed by atoms with van der Waals surface area (Å²) >= 11 is 0. The molecule has 1 atom stereocenters. The molecule has 0 spiro atoms. The Balaban J connectivity index is 2.81. The molecule has 21 heavy (non-hydrogen) atoms. The molecule has 1 rings (SSSR count). The number of carbonyl (C=O) groups excluding carboxylic acids is 1. The highest BCUT2D eigenvalue weighted by molar-refractivity contribution is 5.94. The maximum atomic E-state index is 12.4. The molecule has 114 valence electrons. The van der Waals surface area contributed by atoms with Crippen LogP contribution in [0.4, 0.5) is 0 Å². The fourth-order valence-corrected chi connectivity index (χ4v) is 2.16. The van der Waals surface area contributed by atoms with E-state index >= 15 is 0 Å². The van der Waals surface area contributed by atoms with Crippen LogP contribution in [0.3, 0.4) is 0 Å². The number of nitrogens with one attached hydrogen (secondary N) is 1. The average molecular weight is 288 g/mol. The summed E-state index contributed by atoms with van der Waals surface area (Å²) < 4.78 is 0. The normalized spacial score (nSPS) is 11.4. The molecular formula is C17H24N2O2. The first-order valence-electron chi connectivity index (χ1n) is 7.58. The quantitative estimate of drug-likeness (QED) is 0.758. The van der Waals surface area contributed by atoms with Gasteiger partial charge in [-0.15, -0.1) is 0 Å². The van der Waals surface area contributed by atoms with E-state index < -0.39 is 0 Å². The second-order valence-electron chi connectivity index (χ2n) is 4.96. The number of aromatic nitrogens is 1. The summed E-state index contributed by atoms with van der Waals surface area (Å²) in [6, 6.07) is 3.66. The summed E-state index contributed by atoms with van der Waals surface area (Å²) in [5.41, 5.74) is 0.880. The Hall–Kier alpha value is -1.86. The number of pyridine rings is 1. The Bertz CT molecular complexity index is 503. The van der Waals surface area contributed by atoms with Gasteiger partial charge in [-0.2, -0.15) is 0 Å². The number of amides is 1. The largest absolute Gasteiger partial charge is 0.384 e. The monoisotopic (exact) mass is 288 g/mol. The highest BCUT2D eigenvalue weighted by Gasteiger charge is 2.16. The summed E-state index contributed by atoms with van der Waals surface area (Å²) in [7, 11) is 0. The van der Waals surface area contributed by atoms with Crippen LogP contribution in [0.2, 0.25) is 0 Å². The van der Waals surface area contributed by atoms with Crippen LogP contribution in [0.15, 0.2) is 18.3 Å². The van der Waals surface area contributed by atoms with Crippen LogP contribution in [0.25, 0.3) is 0 Å². The zero-order valence-electron chi connectivity index (χ0n) is 12.9. The molecule has 1 heterocycles. The van der Waals surface area contributed by atoms with Crippen LogP contribution in [0.1, 0.15) is 62.0 Å². The molecule has 1 unspecified atom stereocenters. The van der Waals surface area contributed by atoms with E-state index in [-0.39, 0.29) is 18.6 Å². The zero-order valence-corrected chi connectivity index (χ0v) is 12.9. The van der Waals surface area contributed by atoms with Gasteiger partial charge in [-0.3, -0.25) is 4.79 Å². The Morgan fingerprint density at radius 3 is 2.86 bits per heavy atom. The predicted octanol–water partition coefficient (Wildman–Crippen LogP) is 2.51. The second kappa shape index (κ2) is 9.95. The third kappa shape index (κ3) is 5.97. The third-order valence-corrected chi connectivity index (χ3v) is 3.20. The zero-order chi connectivity index (χ0) is 15.5. The van der Waals surface area contributed by atoms with Gasteiger partial charge >= 0.3 is 0 Å². The summed E-state index contributed by atoms with van der Waals surface area (Å²) in [6.07, 6.45) is 6.79. The molecular weight excluding hydrogens is 264 g/mol. The molecule has 0 aliphatic carbocycles. The molecule has 0 saturated carbocycles. The molecule has 0 fully saturated rings. The fraction of sp³-hybridized carbons (Fsp3) is 0.529. The lowest BCUT2D eigenvalue weighted by atomic mass is 10.0. The topological polar surface area (TPSA) is 62.2 Å². The number of rotatable bonds is 7. The van der Waals surface area contributed by atoms with Crippen molar-refractivity contribution in [3.8, 4) is 11.8 Å². The van der Waals surface area contributed by atoms with E-state index in [9.17, 15) is 4.79 Å². The smallest absolute Gasteiger partial charge is 0.271 e. The first-order chi connectivity index (χ1) is 10.2.